The van der Waals surface area contributed by atoms with Gasteiger partial charge in [-0.25, -0.2) is 5.10 Å². The molecule has 1 saturated carbocycles. The molecule has 37 heavy (non-hydrogen) atoms. The van der Waals surface area contributed by atoms with Gasteiger partial charge in [-0.3, -0.25) is 9.48 Å². The highest BCUT2D eigenvalue weighted by molar-refractivity contribution is 6.28. The molecule has 4 heterocycles. The van der Waals surface area contributed by atoms with Gasteiger partial charge in [0.15, 0.2) is 0 Å². The van der Waals surface area contributed by atoms with Crippen LogP contribution < -0.4 is 4.90 Å². The number of nitrogens with one attached hydrogen (secondary N) is 1. The second kappa shape index (κ2) is 9.34. The second-order valence-electron chi connectivity index (χ2n) is 10.1. The van der Waals surface area contributed by atoms with E-state index in [1.165, 1.54) is 12.1 Å². The van der Waals surface area contributed by atoms with Crippen LogP contribution in [0.1, 0.15) is 77.2 Å². The monoisotopic (exact) mass is 533 g/mol. The van der Waals surface area contributed by atoms with Crippen LogP contribution >= 0.6 is 11.6 Å². The van der Waals surface area contributed by atoms with Crippen molar-refractivity contribution >= 4 is 23.5 Å². The Hall–Kier alpha value is -3.08. The molecule has 1 aliphatic carbocycles. The summed E-state index contributed by atoms with van der Waals surface area (Å²) in [5.74, 6) is 0.413. The van der Waals surface area contributed by atoms with E-state index in [0.29, 0.717) is 30.4 Å². The fourth-order valence-electron chi connectivity index (χ4n) is 5.76. The lowest BCUT2D eigenvalue weighted by molar-refractivity contribution is -0.138. The van der Waals surface area contributed by atoms with Gasteiger partial charge in [0.25, 0.3) is 5.91 Å². The van der Waals surface area contributed by atoms with Gasteiger partial charge in [-0.15, -0.1) is 5.10 Å². The minimum Gasteiger partial charge on any atom is -0.339 e. The van der Waals surface area contributed by atoms with Crippen molar-refractivity contribution in [2.75, 3.05) is 31.1 Å². The first kappa shape index (κ1) is 24.3. The van der Waals surface area contributed by atoms with Gasteiger partial charge < -0.3 is 9.80 Å². The number of likely N-dealkylation sites (tertiary alicyclic amines) is 1. The second-order valence-corrected chi connectivity index (χ2v) is 10.5. The average Bonchev–Trinajstić information content (AvgIpc) is 3.27. The molecule has 3 fully saturated rings. The lowest BCUT2D eigenvalue weighted by Crippen LogP contribution is -2.36. The number of hydrogen-bond acceptors (Lipinski definition) is 5. The van der Waals surface area contributed by atoms with Crippen molar-refractivity contribution < 1.29 is 18.0 Å². The molecule has 8 nitrogen and oxygen atoms in total. The normalized spacial score (nSPS) is 21.1. The Labute approximate surface area is 216 Å². The summed E-state index contributed by atoms with van der Waals surface area (Å²) in [6, 6.07) is 5.86. The van der Waals surface area contributed by atoms with Gasteiger partial charge in [0.1, 0.15) is 0 Å². The number of carbonyl (C=O) groups is 1. The Morgan fingerprint density at radius 2 is 1.78 bits per heavy atom. The standard InChI is InChI=1S/C25H27ClF3N7O/c26-23-31-24(33-32-23)34-11-8-17(9-12-34)36-21(15-5-6-15)19(13-30-36)22(37)35-10-7-16(14-35)18-3-1-2-4-20(18)25(27,28)29/h1-4,13,15-17H,5-12,14H2,(H,31,32,33)/t16-/m1/s1. The highest BCUT2D eigenvalue weighted by atomic mass is 35.5. The molecule has 1 aromatic carbocycles. The zero-order valence-electron chi connectivity index (χ0n) is 20.1. The van der Waals surface area contributed by atoms with Crippen molar-refractivity contribution in [3.63, 3.8) is 0 Å². The van der Waals surface area contributed by atoms with E-state index in [-0.39, 0.29) is 35.3 Å². The zero-order valence-corrected chi connectivity index (χ0v) is 20.8. The van der Waals surface area contributed by atoms with E-state index in [1.54, 1.807) is 17.2 Å². The molecule has 3 aromatic rings. The average molecular weight is 534 g/mol. The van der Waals surface area contributed by atoms with Crippen LogP contribution in [-0.4, -0.2) is 61.9 Å². The molecular formula is C25H27ClF3N7O. The van der Waals surface area contributed by atoms with Gasteiger partial charge in [0.2, 0.25) is 11.2 Å². The summed E-state index contributed by atoms with van der Waals surface area (Å²) >= 11 is 5.87. The highest BCUT2D eigenvalue weighted by Crippen LogP contribution is 2.44. The number of aromatic amines is 1. The number of aromatic nitrogens is 5. The maximum atomic E-state index is 13.6. The van der Waals surface area contributed by atoms with Crippen LogP contribution in [0.2, 0.25) is 5.28 Å². The van der Waals surface area contributed by atoms with Gasteiger partial charge >= 0.3 is 6.18 Å². The molecule has 1 N–H and O–H groups in total. The first-order chi connectivity index (χ1) is 17.8. The summed E-state index contributed by atoms with van der Waals surface area (Å²) < 4.78 is 42.7. The maximum Gasteiger partial charge on any atom is 0.416 e. The maximum absolute atomic E-state index is 13.6. The molecule has 6 rings (SSSR count). The van der Waals surface area contributed by atoms with Crippen LogP contribution in [0.4, 0.5) is 19.1 Å². The van der Waals surface area contributed by atoms with E-state index in [4.69, 9.17) is 11.6 Å². The van der Waals surface area contributed by atoms with Crippen molar-refractivity contribution in [3.05, 3.63) is 58.1 Å². The molecule has 0 spiro atoms. The summed E-state index contributed by atoms with van der Waals surface area (Å²) in [7, 11) is 0. The molecular weight excluding hydrogens is 507 g/mol. The lowest BCUT2D eigenvalue weighted by atomic mass is 9.93. The number of H-pyrrole nitrogens is 1. The molecule has 2 aliphatic heterocycles. The number of nitrogens with zero attached hydrogens (tertiary/aromatic N) is 6. The minimum atomic E-state index is -4.41. The molecule has 2 aromatic heterocycles. The van der Waals surface area contributed by atoms with Gasteiger partial charge in [0.05, 0.1) is 29.1 Å². The van der Waals surface area contributed by atoms with Crippen molar-refractivity contribution in [2.45, 2.75) is 56.2 Å². The van der Waals surface area contributed by atoms with Crippen molar-refractivity contribution in [1.29, 1.82) is 0 Å². The molecule has 196 valence electrons. The number of hydrogen-bond donors (Lipinski definition) is 1. The van der Waals surface area contributed by atoms with Crippen LogP contribution in [0.15, 0.2) is 30.5 Å². The lowest BCUT2D eigenvalue weighted by Gasteiger charge is -2.32. The first-order valence-corrected chi connectivity index (χ1v) is 13.0. The number of rotatable bonds is 5. The van der Waals surface area contributed by atoms with Crippen LogP contribution in [0.5, 0.6) is 0 Å². The Morgan fingerprint density at radius 3 is 2.46 bits per heavy atom. The van der Waals surface area contributed by atoms with Gasteiger partial charge in [0, 0.05) is 38.0 Å². The number of halogens is 4. The Bertz CT molecular complexity index is 1290. The minimum absolute atomic E-state index is 0.132. The number of carbonyl (C=O) groups excluding carboxylic acids is 1. The number of piperidine rings is 1. The molecule has 0 unspecified atom stereocenters. The quantitative estimate of drug-likeness (QED) is 0.498. The first-order valence-electron chi connectivity index (χ1n) is 12.6. The van der Waals surface area contributed by atoms with Gasteiger partial charge in [-0.1, -0.05) is 18.2 Å². The van der Waals surface area contributed by atoms with Gasteiger partial charge in [-0.05, 0) is 55.3 Å². The van der Waals surface area contributed by atoms with E-state index in [1.807, 2.05) is 4.68 Å². The molecule has 12 heteroatoms. The number of anilines is 1. The van der Waals surface area contributed by atoms with Crippen LogP contribution in [-0.2, 0) is 6.18 Å². The summed E-state index contributed by atoms with van der Waals surface area (Å²) in [4.78, 5) is 21.6. The van der Waals surface area contributed by atoms with E-state index in [2.05, 4.69) is 25.2 Å². The predicted octanol–water partition coefficient (Wildman–Crippen LogP) is 5.02. The smallest absolute Gasteiger partial charge is 0.339 e. The van der Waals surface area contributed by atoms with Crippen LogP contribution in [0, 0.1) is 0 Å². The highest BCUT2D eigenvalue weighted by Gasteiger charge is 2.40. The summed E-state index contributed by atoms with van der Waals surface area (Å²) in [5.41, 5.74) is 1.22. The molecule has 2 saturated heterocycles. The molecule has 1 amide bonds. The number of amides is 1. The SMILES string of the molecule is O=C(c1cnn(C2CCN(c3n[nH]c(Cl)n3)CC2)c1C1CC1)N1CC[C@@H](c2ccccc2C(F)(F)F)C1. The van der Waals surface area contributed by atoms with E-state index in [9.17, 15) is 18.0 Å². The van der Waals surface area contributed by atoms with Crippen molar-refractivity contribution in [2.24, 2.45) is 0 Å². The van der Waals surface area contributed by atoms with E-state index < -0.39 is 11.7 Å². The van der Waals surface area contributed by atoms with Crippen LogP contribution in [0.3, 0.4) is 0 Å². The Morgan fingerprint density at radius 1 is 1.03 bits per heavy atom. The predicted molar refractivity (Wildman–Crippen MR) is 131 cm³/mol. The molecule has 3 aliphatic rings. The van der Waals surface area contributed by atoms with Gasteiger partial charge in [-0.2, -0.15) is 23.3 Å². The van der Waals surface area contributed by atoms with E-state index in [0.717, 1.165) is 50.5 Å². The zero-order chi connectivity index (χ0) is 25.7. The Balaban J connectivity index is 1.18. The number of alkyl halides is 3. The van der Waals surface area contributed by atoms with Crippen molar-refractivity contribution in [1.82, 2.24) is 29.9 Å². The topological polar surface area (TPSA) is 82.9 Å². The molecule has 1 atom stereocenters. The molecule has 0 radical (unpaired) electrons. The number of benzene rings is 1. The Kier molecular flexibility index (Phi) is 6.13. The third-order valence-corrected chi connectivity index (χ3v) is 7.92. The fraction of sp³-hybridized carbons (Fsp3) is 0.520. The summed E-state index contributed by atoms with van der Waals surface area (Å²) in [6.45, 7) is 2.21. The third-order valence-electron chi connectivity index (χ3n) is 7.75. The largest absolute Gasteiger partial charge is 0.416 e. The summed E-state index contributed by atoms with van der Waals surface area (Å²) in [5, 5.41) is 11.7. The van der Waals surface area contributed by atoms with Crippen molar-refractivity contribution in [3.8, 4) is 0 Å². The molecule has 0 bridgehead atoms. The third kappa shape index (κ3) is 4.69. The van der Waals surface area contributed by atoms with Crippen LogP contribution in [0.25, 0.3) is 0 Å². The summed E-state index contributed by atoms with van der Waals surface area (Å²) in [6.07, 6.45) is 1.46. The fourth-order valence-corrected chi connectivity index (χ4v) is 5.87. The van der Waals surface area contributed by atoms with E-state index >= 15 is 0 Å².